The molecule has 1 aromatic rings. The number of carbonyl (C=O) groups excluding carboxylic acids is 1. The zero-order valence-electron chi connectivity index (χ0n) is 8.09. The Bertz CT molecular complexity index is 357. The number of halogens is 2. The lowest BCUT2D eigenvalue weighted by Gasteiger charge is -2.03. The number of rotatable bonds is 4. The molecule has 0 atom stereocenters. The predicted molar refractivity (Wildman–Crippen MR) is 63.4 cm³/mol. The van der Waals surface area contributed by atoms with Crippen LogP contribution in [0.15, 0.2) is 30.9 Å². The molecule has 0 aliphatic rings. The van der Waals surface area contributed by atoms with E-state index in [1.807, 2.05) is 0 Å². The first-order valence-electron chi connectivity index (χ1n) is 4.44. The molecule has 1 N–H and O–H groups in total. The summed E-state index contributed by atoms with van der Waals surface area (Å²) < 4.78 is 0. The molecule has 0 radical (unpaired) electrons. The van der Waals surface area contributed by atoms with E-state index in [0.29, 0.717) is 16.6 Å². The Morgan fingerprint density at radius 1 is 1.33 bits per heavy atom. The van der Waals surface area contributed by atoms with Crippen molar-refractivity contribution in [2.24, 2.45) is 0 Å². The molecular formula is C11H11Cl2NO. The minimum Gasteiger partial charge on any atom is -0.352 e. The van der Waals surface area contributed by atoms with Gasteiger partial charge in [0.15, 0.2) is 0 Å². The van der Waals surface area contributed by atoms with Gasteiger partial charge < -0.3 is 5.32 Å². The molecule has 1 amide bonds. The normalized spacial score (nSPS) is 9.73. The van der Waals surface area contributed by atoms with Crippen LogP contribution >= 0.6 is 23.2 Å². The molecule has 1 aromatic carbocycles. The Balaban J connectivity index is 2.63. The molecule has 0 unspecified atom stereocenters. The Hall–Kier alpha value is -0.990. The molecule has 0 fully saturated rings. The summed E-state index contributed by atoms with van der Waals surface area (Å²) in [4.78, 5) is 11.3. The smallest absolute Gasteiger partial charge is 0.224 e. The Morgan fingerprint density at radius 3 is 2.47 bits per heavy atom. The first kappa shape index (κ1) is 12.1. The molecule has 0 bridgehead atoms. The van der Waals surface area contributed by atoms with Gasteiger partial charge in [-0.1, -0.05) is 29.3 Å². The summed E-state index contributed by atoms with van der Waals surface area (Å²) in [6, 6.07) is 5.08. The van der Waals surface area contributed by atoms with Gasteiger partial charge in [-0.25, -0.2) is 0 Å². The van der Waals surface area contributed by atoms with Gasteiger partial charge in [0.05, 0.1) is 6.42 Å². The van der Waals surface area contributed by atoms with Crippen LogP contribution in [0.1, 0.15) is 5.56 Å². The maximum absolute atomic E-state index is 11.3. The van der Waals surface area contributed by atoms with Gasteiger partial charge in [-0.2, -0.15) is 0 Å². The van der Waals surface area contributed by atoms with Crippen molar-refractivity contribution in [3.63, 3.8) is 0 Å². The maximum atomic E-state index is 11.3. The number of hydrogen-bond acceptors (Lipinski definition) is 1. The quantitative estimate of drug-likeness (QED) is 0.810. The molecule has 2 nitrogen and oxygen atoms in total. The monoisotopic (exact) mass is 243 g/mol. The average Bonchev–Trinajstić information content (AvgIpc) is 2.13. The van der Waals surface area contributed by atoms with E-state index in [-0.39, 0.29) is 12.3 Å². The fraction of sp³-hybridized carbons (Fsp3) is 0.182. The van der Waals surface area contributed by atoms with Gasteiger partial charge in [0, 0.05) is 16.6 Å². The van der Waals surface area contributed by atoms with Crippen LogP contribution in [0.5, 0.6) is 0 Å². The number of benzene rings is 1. The lowest BCUT2D eigenvalue weighted by Crippen LogP contribution is -2.24. The minimum absolute atomic E-state index is 0.0757. The summed E-state index contributed by atoms with van der Waals surface area (Å²) in [6.45, 7) is 3.98. The van der Waals surface area contributed by atoms with E-state index in [9.17, 15) is 4.79 Å². The van der Waals surface area contributed by atoms with Gasteiger partial charge in [0.25, 0.3) is 0 Å². The number of amides is 1. The molecule has 4 heteroatoms. The van der Waals surface area contributed by atoms with Crippen molar-refractivity contribution in [3.8, 4) is 0 Å². The van der Waals surface area contributed by atoms with Crippen LogP contribution in [0.2, 0.25) is 10.0 Å². The molecule has 0 saturated carbocycles. The molecule has 0 aromatic heterocycles. The van der Waals surface area contributed by atoms with Gasteiger partial charge in [-0.15, -0.1) is 6.58 Å². The second kappa shape index (κ2) is 5.79. The van der Waals surface area contributed by atoms with E-state index in [2.05, 4.69) is 11.9 Å². The van der Waals surface area contributed by atoms with Crippen LogP contribution < -0.4 is 5.32 Å². The van der Waals surface area contributed by atoms with Gasteiger partial charge in [0.1, 0.15) is 0 Å². The minimum atomic E-state index is -0.0757. The lowest BCUT2D eigenvalue weighted by molar-refractivity contribution is -0.120. The Kier molecular flexibility index (Phi) is 4.66. The fourth-order valence-electron chi connectivity index (χ4n) is 1.15. The van der Waals surface area contributed by atoms with Crippen molar-refractivity contribution >= 4 is 29.1 Å². The molecule has 15 heavy (non-hydrogen) atoms. The van der Waals surface area contributed by atoms with Gasteiger partial charge in [0.2, 0.25) is 5.91 Å². The summed E-state index contributed by atoms with van der Waals surface area (Å²) >= 11 is 11.6. The third-order valence-electron chi connectivity index (χ3n) is 1.73. The molecule has 1 rings (SSSR count). The number of hydrogen-bond donors (Lipinski definition) is 1. The molecule has 0 aliphatic heterocycles. The highest BCUT2D eigenvalue weighted by molar-refractivity contribution is 6.34. The maximum Gasteiger partial charge on any atom is 0.224 e. The van der Waals surface area contributed by atoms with Crippen molar-refractivity contribution in [1.29, 1.82) is 0 Å². The molecule has 0 spiro atoms. The zero-order chi connectivity index (χ0) is 11.3. The fourth-order valence-corrected chi connectivity index (χ4v) is 1.72. The third-order valence-corrected chi connectivity index (χ3v) is 2.17. The number of nitrogens with one attached hydrogen (secondary N) is 1. The third kappa shape index (κ3) is 4.36. The first-order chi connectivity index (χ1) is 7.11. The van der Waals surface area contributed by atoms with E-state index >= 15 is 0 Å². The molecule has 0 aliphatic carbocycles. The average molecular weight is 244 g/mol. The molecular weight excluding hydrogens is 233 g/mol. The Morgan fingerprint density at radius 2 is 1.93 bits per heavy atom. The summed E-state index contributed by atoms with van der Waals surface area (Å²) in [5, 5.41) is 3.75. The summed E-state index contributed by atoms with van der Waals surface area (Å²) in [6.07, 6.45) is 1.90. The second-order valence-corrected chi connectivity index (χ2v) is 3.92. The second-order valence-electron chi connectivity index (χ2n) is 3.05. The van der Waals surface area contributed by atoms with E-state index < -0.39 is 0 Å². The van der Waals surface area contributed by atoms with E-state index in [1.54, 1.807) is 24.3 Å². The largest absolute Gasteiger partial charge is 0.352 e. The van der Waals surface area contributed by atoms with Crippen molar-refractivity contribution in [1.82, 2.24) is 5.32 Å². The van der Waals surface area contributed by atoms with E-state index in [4.69, 9.17) is 23.2 Å². The van der Waals surface area contributed by atoms with Crippen LogP contribution in [0, 0.1) is 0 Å². The van der Waals surface area contributed by atoms with Crippen LogP contribution in [-0.4, -0.2) is 12.5 Å². The van der Waals surface area contributed by atoms with Crippen LogP contribution in [0.25, 0.3) is 0 Å². The highest BCUT2D eigenvalue weighted by atomic mass is 35.5. The highest BCUT2D eigenvalue weighted by Crippen LogP contribution is 2.19. The zero-order valence-corrected chi connectivity index (χ0v) is 9.61. The van der Waals surface area contributed by atoms with Crippen molar-refractivity contribution in [2.45, 2.75) is 6.42 Å². The van der Waals surface area contributed by atoms with Crippen LogP contribution in [0.3, 0.4) is 0 Å². The lowest BCUT2D eigenvalue weighted by atomic mass is 10.1. The van der Waals surface area contributed by atoms with Crippen molar-refractivity contribution < 1.29 is 4.79 Å². The standard InChI is InChI=1S/C11H11Cl2NO/c1-2-3-14-11(15)6-8-4-9(12)7-10(13)5-8/h2,4-5,7H,1,3,6H2,(H,14,15). The summed E-state index contributed by atoms with van der Waals surface area (Å²) in [5.74, 6) is -0.0757. The van der Waals surface area contributed by atoms with Gasteiger partial charge >= 0.3 is 0 Å². The predicted octanol–water partition coefficient (Wildman–Crippen LogP) is 2.84. The topological polar surface area (TPSA) is 29.1 Å². The van der Waals surface area contributed by atoms with Gasteiger partial charge in [-0.3, -0.25) is 4.79 Å². The van der Waals surface area contributed by atoms with Crippen LogP contribution in [0.4, 0.5) is 0 Å². The summed E-state index contributed by atoms with van der Waals surface area (Å²) in [5.41, 5.74) is 0.800. The van der Waals surface area contributed by atoms with Gasteiger partial charge in [-0.05, 0) is 23.8 Å². The summed E-state index contributed by atoms with van der Waals surface area (Å²) in [7, 11) is 0. The van der Waals surface area contributed by atoms with Crippen molar-refractivity contribution in [2.75, 3.05) is 6.54 Å². The van der Waals surface area contributed by atoms with Crippen LogP contribution in [-0.2, 0) is 11.2 Å². The Labute approximate surface area is 98.9 Å². The SMILES string of the molecule is C=CCNC(=O)Cc1cc(Cl)cc(Cl)c1. The first-order valence-corrected chi connectivity index (χ1v) is 5.20. The molecule has 0 heterocycles. The molecule has 80 valence electrons. The number of carbonyl (C=O) groups is 1. The van der Waals surface area contributed by atoms with E-state index in [1.165, 1.54) is 0 Å². The van der Waals surface area contributed by atoms with Crippen molar-refractivity contribution in [3.05, 3.63) is 46.5 Å². The molecule has 0 saturated heterocycles. The highest BCUT2D eigenvalue weighted by Gasteiger charge is 2.04. The van der Waals surface area contributed by atoms with E-state index in [0.717, 1.165) is 5.56 Å².